The zero-order chi connectivity index (χ0) is 22.8. The summed E-state index contributed by atoms with van der Waals surface area (Å²) in [6.07, 6.45) is 5.21. The van der Waals surface area contributed by atoms with Crippen LogP contribution in [0.5, 0.6) is 0 Å². The Bertz CT molecular complexity index is 1170. The molecule has 0 unspecified atom stereocenters. The first kappa shape index (κ1) is 21.2. The third kappa shape index (κ3) is 4.23. The van der Waals surface area contributed by atoms with Crippen LogP contribution in [0.1, 0.15) is 58.4 Å². The lowest BCUT2D eigenvalue weighted by molar-refractivity contribution is -0.118. The Hall–Kier alpha value is -3.61. The topological polar surface area (TPSA) is 79.3 Å². The second kappa shape index (κ2) is 9.10. The number of hydrogen-bond acceptors (Lipinski definition) is 5. The molecular weight excluding hydrogens is 414 g/mol. The highest BCUT2D eigenvalue weighted by molar-refractivity contribution is 5.95. The fraction of sp³-hybridized carbons (Fsp3) is 0.346. The van der Waals surface area contributed by atoms with Crippen LogP contribution in [0.25, 0.3) is 0 Å². The van der Waals surface area contributed by atoms with Crippen LogP contribution in [0, 0.1) is 6.92 Å². The van der Waals surface area contributed by atoms with E-state index in [9.17, 15) is 9.59 Å². The SMILES string of the molecule is Cc1nc([C@@H]2CCCN2C(=O)c2ccccn2)nc2c1CCC(=O)N2CCc1ccccc1. The Morgan fingerprint density at radius 2 is 1.88 bits per heavy atom. The average molecular weight is 442 g/mol. The summed E-state index contributed by atoms with van der Waals surface area (Å²) in [7, 11) is 0. The van der Waals surface area contributed by atoms with Crippen molar-refractivity contribution < 1.29 is 9.59 Å². The average Bonchev–Trinajstić information content (AvgIpc) is 3.34. The minimum Gasteiger partial charge on any atom is -0.327 e. The fourth-order valence-electron chi connectivity index (χ4n) is 4.78. The predicted molar refractivity (Wildman–Crippen MR) is 125 cm³/mol. The Balaban J connectivity index is 1.45. The van der Waals surface area contributed by atoms with Gasteiger partial charge in [0.2, 0.25) is 5.91 Å². The molecule has 1 aromatic carbocycles. The number of fused-ring (bicyclic) bond motifs is 1. The van der Waals surface area contributed by atoms with E-state index in [2.05, 4.69) is 17.1 Å². The van der Waals surface area contributed by atoms with Crippen LogP contribution in [0.3, 0.4) is 0 Å². The summed E-state index contributed by atoms with van der Waals surface area (Å²) in [5.74, 6) is 1.32. The molecule has 0 aliphatic carbocycles. The number of nitrogens with zero attached hydrogens (tertiary/aromatic N) is 5. The van der Waals surface area contributed by atoms with Gasteiger partial charge in [-0.3, -0.25) is 19.5 Å². The molecular formula is C26H27N5O2. The van der Waals surface area contributed by atoms with Crippen LogP contribution >= 0.6 is 0 Å². The molecule has 4 heterocycles. The van der Waals surface area contributed by atoms with Crippen molar-refractivity contribution in [1.82, 2.24) is 19.9 Å². The lowest BCUT2D eigenvalue weighted by Gasteiger charge is -2.31. The molecule has 168 valence electrons. The molecule has 0 N–H and O–H groups in total. The maximum Gasteiger partial charge on any atom is 0.273 e. The summed E-state index contributed by atoms with van der Waals surface area (Å²) in [5.41, 5.74) is 3.54. The molecule has 0 spiro atoms. The van der Waals surface area contributed by atoms with Crippen molar-refractivity contribution in [3.05, 3.63) is 83.1 Å². The van der Waals surface area contributed by atoms with Crippen LogP contribution in [0.4, 0.5) is 5.82 Å². The standard InChI is InChI=1S/C26H27N5O2/c1-18-20-12-13-23(32)31(17-14-19-8-3-2-4-9-19)25(20)29-24(28-18)22-11-7-16-30(22)26(33)21-10-5-6-15-27-21/h2-6,8-10,15,22H,7,11-14,16-17H2,1H3/t22-/m0/s1. The van der Waals surface area contributed by atoms with E-state index < -0.39 is 0 Å². The van der Waals surface area contributed by atoms with Crippen LogP contribution in [-0.4, -0.2) is 44.8 Å². The third-order valence-corrected chi connectivity index (χ3v) is 6.52. The van der Waals surface area contributed by atoms with Gasteiger partial charge in [0.1, 0.15) is 11.5 Å². The van der Waals surface area contributed by atoms with E-state index in [-0.39, 0.29) is 17.9 Å². The van der Waals surface area contributed by atoms with Crippen molar-refractivity contribution in [2.24, 2.45) is 0 Å². The van der Waals surface area contributed by atoms with E-state index in [1.807, 2.05) is 41.0 Å². The lowest BCUT2D eigenvalue weighted by Crippen LogP contribution is -2.39. The van der Waals surface area contributed by atoms with Gasteiger partial charge >= 0.3 is 0 Å². The number of aryl methyl sites for hydroxylation is 1. The fourth-order valence-corrected chi connectivity index (χ4v) is 4.78. The number of anilines is 1. The number of amides is 2. The Morgan fingerprint density at radius 1 is 1.06 bits per heavy atom. The predicted octanol–water partition coefficient (Wildman–Crippen LogP) is 3.68. The van der Waals surface area contributed by atoms with Crippen molar-refractivity contribution in [2.45, 2.75) is 45.1 Å². The van der Waals surface area contributed by atoms with E-state index in [1.54, 1.807) is 18.3 Å². The Labute approximate surface area is 193 Å². The van der Waals surface area contributed by atoms with Gasteiger partial charge in [-0.25, -0.2) is 9.97 Å². The molecule has 0 bridgehead atoms. The zero-order valence-corrected chi connectivity index (χ0v) is 18.8. The number of benzene rings is 1. The molecule has 1 atom stereocenters. The maximum atomic E-state index is 13.1. The zero-order valence-electron chi connectivity index (χ0n) is 18.8. The molecule has 33 heavy (non-hydrogen) atoms. The Kier molecular flexibility index (Phi) is 5.86. The van der Waals surface area contributed by atoms with Gasteiger partial charge in [-0.2, -0.15) is 0 Å². The largest absolute Gasteiger partial charge is 0.327 e. The van der Waals surface area contributed by atoms with Crippen LogP contribution in [-0.2, 0) is 17.6 Å². The van der Waals surface area contributed by atoms with E-state index in [4.69, 9.17) is 9.97 Å². The van der Waals surface area contributed by atoms with E-state index in [0.29, 0.717) is 43.3 Å². The summed E-state index contributed by atoms with van der Waals surface area (Å²) in [5, 5.41) is 0. The van der Waals surface area contributed by atoms with Gasteiger partial charge < -0.3 is 4.90 Å². The van der Waals surface area contributed by atoms with Crippen molar-refractivity contribution in [3.63, 3.8) is 0 Å². The van der Waals surface area contributed by atoms with E-state index in [0.717, 1.165) is 30.5 Å². The molecule has 7 nitrogen and oxygen atoms in total. The highest BCUT2D eigenvalue weighted by atomic mass is 16.2. The van der Waals surface area contributed by atoms with Crippen molar-refractivity contribution in [1.29, 1.82) is 0 Å². The van der Waals surface area contributed by atoms with Gasteiger partial charge in [0.15, 0.2) is 5.82 Å². The third-order valence-electron chi connectivity index (χ3n) is 6.52. The normalized spacial score (nSPS) is 17.8. The second-order valence-corrected chi connectivity index (χ2v) is 8.62. The van der Waals surface area contributed by atoms with Crippen molar-refractivity contribution in [3.8, 4) is 0 Å². The van der Waals surface area contributed by atoms with Gasteiger partial charge in [-0.1, -0.05) is 36.4 Å². The number of likely N-dealkylation sites (tertiary alicyclic amines) is 1. The maximum absolute atomic E-state index is 13.1. The number of hydrogen-bond donors (Lipinski definition) is 0. The molecule has 3 aromatic rings. The summed E-state index contributed by atoms with van der Waals surface area (Å²) < 4.78 is 0. The lowest BCUT2D eigenvalue weighted by atomic mass is 10.0. The summed E-state index contributed by atoms with van der Waals surface area (Å²) in [6.45, 7) is 3.21. The van der Waals surface area contributed by atoms with Crippen molar-refractivity contribution >= 4 is 17.6 Å². The monoisotopic (exact) mass is 441 g/mol. The number of carbonyl (C=O) groups is 2. The van der Waals surface area contributed by atoms with E-state index in [1.165, 1.54) is 5.56 Å². The molecule has 5 rings (SSSR count). The molecule has 2 amide bonds. The summed E-state index contributed by atoms with van der Waals surface area (Å²) >= 11 is 0. The first-order valence-corrected chi connectivity index (χ1v) is 11.6. The molecule has 2 aliphatic heterocycles. The smallest absolute Gasteiger partial charge is 0.273 e. The first-order valence-electron chi connectivity index (χ1n) is 11.6. The minimum atomic E-state index is -0.212. The van der Waals surface area contributed by atoms with Crippen LogP contribution in [0.2, 0.25) is 0 Å². The first-order chi connectivity index (χ1) is 16.1. The van der Waals surface area contributed by atoms with Gasteiger partial charge in [0, 0.05) is 37.0 Å². The van der Waals surface area contributed by atoms with Gasteiger partial charge in [0.05, 0.1) is 6.04 Å². The molecule has 0 saturated carbocycles. The minimum absolute atomic E-state index is 0.0929. The van der Waals surface area contributed by atoms with Crippen LogP contribution < -0.4 is 4.90 Å². The molecule has 2 aromatic heterocycles. The van der Waals surface area contributed by atoms with Gasteiger partial charge in [-0.15, -0.1) is 0 Å². The molecule has 0 radical (unpaired) electrons. The number of rotatable bonds is 5. The summed E-state index contributed by atoms with van der Waals surface area (Å²) in [4.78, 5) is 43.6. The number of pyridine rings is 1. The second-order valence-electron chi connectivity index (χ2n) is 8.62. The Morgan fingerprint density at radius 3 is 2.67 bits per heavy atom. The molecule has 1 saturated heterocycles. The molecule has 1 fully saturated rings. The number of carbonyl (C=O) groups excluding carboxylic acids is 2. The molecule has 7 heteroatoms. The highest BCUT2D eigenvalue weighted by Gasteiger charge is 2.35. The van der Waals surface area contributed by atoms with Crippen molar-refractivity contribution in [2.75, 3.05) is 18.0 Å². The van der Waals surface area contributed by atoms with E-state index >= 15 is 0 Å². The quantitative estimate of drug-likeness (QED) is 0.604. The van der Waals surface area contributed by atoms with Crippen LogP contribution in [0.15, 0.2) is 54.7 Å². The molecule has 2 aliphatic rings. The summed E-state index contributed by atoms with van der Waals surface area (Å²) in [6, 6.07) is 15.3. The number of aromatic nitrogens is 3. The van der Waals surface area contributed by atoms with Gasteiger partial charge in [0.25, 0.3) is 5.91 Å². The highest BCUT2D eigenvalue weighted by Crippen LogP contribution is 2.35. The van der Waals surface area contributed by atoms with Gasteiger partial charge in [-0.05, 0) is 50.3 Å².